The van der Waals surface area contributed by atoms with Gasteiger partial charge in [-0.3, -0.25) is 4.79 Å². The van der Waals surface area contributed by atoms with Gasteiger partial charge in [0.2, 0.25) is 5.79 Å². The molecule has 18 atom stereocenters. The normalized spacial score (nSPS) is 41.4. The van der Waals surface area contributed by atoms with Crippen LogP contribution in [0.15, 0.2) is 17.8 Å². The molecule has 0 aromatic rings. The predicted molar refractivity (Wildman–Crippen MR) is 290 cm³/mol. The van der Waals surface area contributed by atoms with Crippen LogP contribution in [0, 0.1) is 23.7 Å². The second kappa shape index (κ2) is 26.1. The predicted octanol–water partition coefficient (Wildman–Crippen LogP) is 9.60. The van der Waals surface area contributed by atoms with Crippen LogP contribution in [0.25, 0.3) is 0 Å². The maximum absolute atomic E-state index is 15.0. The maximum Gasteiger partial charge on any atom is 0.311 e. The summed E-state index contributed by atoms with van der Waals surface area (Å²) < 4.78 is 68.6. The van der Waals surface area contributed by atoms with Gasteiger partial charge in [0, 0.05) is 50.2 Å². The standard InChI is InChI=1S/C55H104N2O14Si2/c1-23-30-62-53(12)32-35(5)44(56-71-55(68-34(3)4)28-26-25-27-29-55)37(7)47(58)54(13,60)42(24-2)65-50(59)39(9)45(66-43-33-52(11,61-16)49(40(10)64-43)70-73(20,21)22)38(8)48(53)67-51-46(69-72(17,18)19)41(57(14)15)31-36(6)63-51/h23,34-43,45-49,51,58,60H,1,24-33H2,2-22H3/b56-44+/t35-,36-,37+,38+,39-,40+,41+,42-,43+,45+,46-,47-,48-,49+,51+,52-,53-,54-/m1/s1. The molecular formula is C55H104N2O14Si2. The number of carbonyl (C=O) groups is 1. The molecule has 0 aromatic carbocycles. The first-order valence-electron chi connectivity index (χ1n) is 27.7. The van der Waals surface area contributed by atoms with E-state index >= 15 is 4.79 Å². The first kappa shape index (κ1) is 64.2. The highest BCUT2D eigenvalue weighted by Gasteiger charge is 2.55. The van der Waals surface area contributed by atoms with Crippen molar-refractivity contribution in [2.45, 2.75) is 276 Å². The molecule has 73 heavy (non-hydrogen) atoms. The zero-order chi connectivity index (χ0) is 55.2. The van der Waals surface area contributed by atoms with E-state index in [0.717, 1.165) is 25.7 Å². The monoisotopic (exact) mass is 1070 g/mol. The van der Waals surface area contributed by atoms with Crippen molar-refractivity contribution >= 4 is 28.3 Å². The number of nitrogens with zero attached hydrogens (tertiary/aromatic N) is 2. The summed E-state index contributed by atoms with van der Waals surface area (Å²) >= 11 is 0. The van der Waals surface area contributed by atoms with Crippen LogP contribution in [0.5, 0.6) is 0 Å². The Bertz CT molecular complexity index is 1770. The molecule has 3 aliphatic heterocycles. The molecule has 4 aliphatic rings. The van der Waals surface area contributed by atoms with Crippen molar-refractivity contribution in [2.24, 2.45) is 28.8 Å². The molecule has 3 heterocycles. The van der Waals surface area contributed by atoms with Crippen LogP contribution in [-0.4, -0.2) is 167 Å². The Labute approximate surface area is 443 Å². The van der Waals surface area contributed by atoms with Crippen molar-refractivity contribution in [1.82, 2.24) is 4.90 Å². The van der Waals surface area contributed by atoms with Crippen LogP contribution in [0.3, 0.4) is 0 Å². The smallest absolute Gasteiger partial charge is 0.311 e. The number of cyclic esters (lactones) is 1. The van der Waals surface area contributed by atoms with E-state index in [2.05, 4.69) is 71.8 Å². The third-order valence-corrected chi connectivity index (χ3v) is 17.6. The van der Waals surface area contributed by atoms with Crippen LogP contribution in [0.1, 0.15) is 141 Å². The number of aliphatic hydroxyl groups is 2. The van der Waals surface area contributed by atoms with E-state index in [-0.39, 0.29) is 43.8 Å². The summed E-state index contributed by atoms with van der Waals surface area (Å²) in [5, 5.41) is 30.0. The van der Waals surface area contributed by atoms with Crippen LogP contribution in [0.4, 0.5) is 0 Å². The van der Waals surface area contributed by atoms with Gasteiger partial charge in [0.1, 0.15) is 17.8 Å². The topological polar surface area (TPSA) is 175 Å². The molecule has 0 amide bonds. The van der Waals surface area contributed by atoms with Gasteiger partial charge < -0.3 is 66.7 Å². The molecule has 426 valence electrons. The first-order chi connectivity index (χ1) is 33.7. The highest BCUT2D eigenvalue weighted by molar-refractivity contribution is 6.70. The number of likely N-dealkylation sites (N-methyl/N-ethyl adjacent to an activating group) is 1. The Morgan fingerprint density at radius 2 is 1.48 bits per heavy atom. The van der Waals surface area contributed by atoms with Gasteiger partial charge in [0.25, 0.3) is 0 Å². The van der Waals surface area contributed by atoms with Gasteiger partial charge in [-0.15, -0.1) is 6.58 Å². The SMILES string of the molecule is C=CCO[C@]1(C)C[C@@H](C)/C(=N\OC2(OC(C)C)CCCCC2)[C@H](C)[C@@H](O)[C@](C)(O)[C@@H](CC)OC(=O)[C@H](C)[C@@H](O[C@H]2C[C@@](C)(OC)[C@@H](O[Si](C)(C)C)[C@H](C)O2)[C@H](C)[C@H]1O[C@@H]1O[C@H](C)C[C@H](N(C)C)[C@H]1O[Si](C)(C)C. The molecule has 1 aliphatic carbocycles. The Hall–Kier alpha value is -1.37. The Morgan fingerprint density at radius 1 is 0.863 bits per heavy atom. The number of methoxy groups -OCH3 is 1. The Balaban J connectivity index is 2.04. The molecule has 2 N–H and O–H groups in total. The molecule has 0 aromatic heterocycles. The van der Waals surface area contributed by atoms with Gasteiger partial charge in [-0.1, -0.05) is 45.3 Å². The summed E-state index contributed by atoms with van der Waals surface area (Å²) in [5.74, 6) is -4.51. The van der Waals surface area contributed by atoms with E-state index in [1.807, 2.05) is 62.3 Å². The molecule has 0 unspecified atom stereocenters. The van der Waals surface area contributed by atoms with Crippen molar-refractivity contribution in [3.63, 3.8) is 0 Å². The van der Waals surface area contributed by atoms with E-state index in [4.69, 9.17) is 56.7 Å². The van der Waals surface area contributed by atoms with Crippen molar-refractivity contribution in [2.75, 3.05) is 27.8 Å². The molecule has 4 fully saturated rings. The average molecular weight is 1070 g/mol. The van der Waals surface area contributed by atoms with Crippen LogP contribution in [-0.2, 0) is 56.4 Å². The van der Waals surface area contributed by atoms with E-state index in [1.165, 1.54) is 6.92 Å². The number of esters is 1. The quantitative estimate of drug-likeness (QED) is 0.0436. The number of ether oxygens (including phenoxy) is 8. The van der Waals surface area contributed by atoms with Gasteiger partial charge in [-0.05, 0) is 141 Å². The number of hydrogen-bond acceptors (Lipinski definition) is 16. The summed E-state index contributed by atoms with van der Waals surface area (Å²) in [5.41, 5.74) is -3.49. The number of carbonyl (C=O) groups excluding carboxylic acids is 1. The fourth-order valence-corrected chi connectivity index (χ4v) is 14.2. The third kappa shape index (κ3) is 16.6. The summed E-state index contributed by atoms with van der Waals surface area (Å²) in [6, 6.07) is -0.0539. The molecule has 3 saturated heterocycles. The highest BCUT2D eigenvalue weighted by Crippen LogP contribution is 2.44. The van der Waals surface area contributed by atoms with Gasteiger partial charge in [0.15, 0.2) is 29.2 Å². The Morgan fingerprint density at radius 3 is 2.01 bits per heavy atom. The average Bonchev–Trinajstić information content (AvgIpc) is 3.28. The van der Waals surface area contributed by atoms with Crippen molar-refractivity contribution < 1.29 is 66.6 Å². The maximum atomic E-state index is 15.0. The molecule has 0 bridgehead atoms. The molecule has 1 saturated carbocycles. The fourth-order valence-electron chi connectivity index (χ4n) is 12.0. The van der Waals surface area contributed by atoms with Crippen LogP contribution >= 0.6 is 0 Å². The number of aliphatic hydroxyl groups excluding tert-OH is 1. The minimum atomic E-state index is -2.23. The van der Waals surface area contributed by atoms with Crippen LogP contribution < -0.4 is 0 Å². The fraction of sp³-hybridized carbons (Fsp3) is 0.927. The lowest BCUT2D eigenvalue weighted by molar-refractivity contribution is -0.317. The third-order valence-electron chi connectivity index (χ3n) is 15.7. The highest BCUT2D eigenvalue weighted by atomic mass is 28.4. The first-order valence-corrected chi connectivity index (χ1v) is 34.5. The number of hydrogen-bond donors (Lipinski definition) is 2. The lowest BCUT2D eigenvalue weighted by Gasteiger charge is -2.52. The van der Waals surface area contributed by atoms with Gasteiger partial charge in [-0.25, -0.2) is 0 Å². The number of oxime groups is 1. The lowest BCUT2D eigenvalue weighted by atomic mass is 9.73. The van der Waals surface area contributed by atoms with Gasteiger partial charge in [-0.2, -0.15) is 0 Å². The van der Waals surface area contributed by atoms with Gasteiger partial charge >= 0.3 is 5.97 Å². The molecule has 18 heteroatoms. The minimum Gasteiger partial charge on any atom is -0.459 e. The van der Waals surface area contributed by atoms with Gasteiger partial charge in [0.05, 0.1) is 72.2 Å². The summed E-state index contributed by atoms with van der Waals surface area (Å²) in [7, 11) is 1.49. The second-order valence-electron chi connectivity index (χ2n) is 25.3. The van der Waals surface area contributed by atoms with Crippen molar-refractivity contribution in [3.8, 4) is 0 Å². The second-order valence-corrected chi connectivity index (χ2v) is 34.2. The van der Waals surface area contributed by atoms with E-state index in [9.17, 15) is 10.2 Å². The van der Waals surface area contributed by atoms with Crippen molar-refractivity contribution in [1.29, 1.82) is 0 Å². The summed E-state index contributed by atoms with van der Waals surface area (Å²) in [6.07, 6.45) is -0.430. The largest absolute Gasteiger partial charge is 0.459 e. The zero-order valence-corrected chi connectivity index (χ0v) is 51.3. The van der Waals surface area contributed by atoms with E-state index in [0.29, 0.717) is 25.0 Å². The van der Waals surface area contributed by atoms with Crippen LogP contribution in [0.2, 0.25) is 39.3 Å². The molecule has 0 radical (unpaired) electrons. The minimum absolute atomic E-state index is 0.0539. The van der Waals surface area contributed by atoms with E-state index < -0.39 is 118 Å². The summed E-state index contributed by atoms with van der Waals surface area (Å²) in [6.45, 7) is 40.2. The molecular weight excluding hydrogens is 969 g/mol. The Kier molecular flexibility index (Phi) is 22.9. The van der Waals surface area contributed by atoms with E-state index in [1.54, 1.807) is 20.1 Å². The zero-order valence-electron chi connectivity index (χ0n) is 49.3. The molecule has 4 rings (SSSR count). The summed E-state index contributed by atoms with van der Waals surface area (Å²) in [4.78, 5) is 23.9. The number of rotatable bonds is 18. The molecule has 0 spiro atoms. The van der Waals surface area contributed by atoms with Crippen molar-refractivity contribution in [3.05, 3.63) is 12.7 Å². The molecule has 16 nitrogen and oxygen atoms in total. The lowest BCUT2D eigenvalue weighted by Crippen LogP contribution is -2.63.